The summed E-state index contributed by atoms with van der Waals surface area (Å²) in [5.74, 6) is -0.0315. The van der Waals surface area contributed by atoms with Gasteiger partial charge in [0.15, 0.2) is 5.78 Å². The highest BCUT2D eigenvalue weighted by molar-refractivity contribution is 6.00. The molecule has 0 atom stereocenters. The molecule has 78 valence electrons. The molecule has 0 bridgehead atoms. The molecule has 0 amide bonds. The molecular formula is C12H11FO2. The average Bonchev–Trinajstić information content (AvgIpc) is 2.55. The number of carbonyl (C=O) groups excluding carboxylic acids is 1. The first kappa shape index (κ1) is 9.90. The number of rotatable bonds is 2. The molecular weight excluding hydrogens is 195 g/mol. The number of hydrogen-bond acceptors (Lipinski definition) is 2. The van der Waals surface area contributed by atoms with Crippen LogP contribution in [0.1, 0.15) is 24.2 Å². The molecule has 3 heteroatoms. The van der Waals surface area contributed by atoms with E-state index in [1.54, 1.807) is 18.2 Å². The van der Waals surface area contributed by atoms with Gasteiger partial charge in [0.1, 0.15) is 5.58 Å². The minimum absolute atomic E-state index is 0.0358. The summed E-state index contributed by atoms with van der Waals surface area (Å²) in [4.78, 5) is 11.7. The average molecular weight is 206 g/mol. The first-order chi connectivity index (χ1) is 7.08. The van der Waals surface area contributed by atoms with Gasteiger partial charge in [0.2, 0.25) is 0 Å². The quantitative estimate of drug-likeness (QED) is 0.705. The lowest BCUT2D eigenvalue weighted by molar-refractivity contribution is 0.0939. The third kappa shape index (κ3) is 1.77. The maximum atomic E-state index is 12.8. The molecule has 0 aliphatic carbocycles. The highest BCUT2D eigenvalue weighted by Crippen LogP contribution is 2.21. The van der Waals surface area contributed by atoms with Gasteiger partial charge in [0.25, 0.3) is 6.01 Å². The molecule has 1 aromatic heterocycles. The smallest absolute Gasteiger partial charge is 0.278 e. The number of halogens is 1. The van der Waals surface area contributed by atoms with Crippen molar-refractivity contribution in [3.8, 4) is 0 Å². The highest BCUT2D eigenvalue weighted by Gasteiger charge is 2.12. The minimum Gasteiger partial charge on any atom is -0.431 e. The monoisotopic (exact) mass is 206 g/mol. The van der Waals surface area contributed by atoms with Crippen molar-refractivity contribution in [2.24, 2.45) is 5.92 Å². The fourth-order valence-corrected chi connectivity index (χ4v) is 1.49. The fraction of sp³-hybridized carbons (Fsp3) is 0.250. The van der Waals surface area contributed by atoms with Crippen LogP contribution in [0.3, 0.4) is 0 Å². The predicted molar refractivity (Wildman–Crippen MR) is 55.3 cm³/mol. The summed E-state index contributed by atoms with van der Waals surface area (Å²) >= 11 is 0. The van der Waals surface area contributed by atoms with Crippen LogP contribution in [-0.2, 0) is 0 Å². The molecule has 0 spiro atoms. The van der Waals surface area contributed by atoms with E-state index in [0.717, 1.165) is 0 Å². The zero-order chi connectivity index (χ0) is 11.0. The number of furan rings is 1. The van der Waals surface area contributed by atoms with Crippen LogP contribution in [0.15, 0.2) is 28.7 Å². The van der Waals surface area contributed by atoms with Gasteiger partial charge in [-0.3, -0.25) is 4.79 Å². The Balaban J connectivity index is 2.51. The van der Waals surface area contributed by atoms with Gasteiger partial charge in [-0.2, -0.15) is 4.39 Å². The Labute approximate surface area is 86.7 Å². The van der Waals surface area contributed by atoms with Crippen LogP contribution in [0.2, 0.25) is 0 Å². The van der Waals surface area contributed by atoms with Crippen molar-refractivity contribution >= 4 is 16.8 Å². The number of benzene rings is 1. The third-order valence-corrected chi connectivity index (χ3v) is 2.30. The fourth-order valence-electron chi connectivity index (χ4n) is 1.49. The van der Waals surface area contributed by atoms with Crippen molar-refractivity contribution in [1.29, 1.82) is 0 Å². The Kier molecular flexibility index (Phi) is 2.31. The van der Waals surface area contributed by atoms with Crippen LogP contribution in [0.25, 0.3) is 11.0 Å². The first-order valence-corrected chi connectivity index (χ1v) is 4.81. The Bertz CT molecular complexity index is 511. The van der Waals surface area contributed by atoms with Crippen molar-refractivity contribution in [2.45, 2.75) is 13.8 Å². The topological polar surface area (TPSA) is 30.2 Å². The number of ketones is 1. The van der Waals surface area contributed by atoms with Crippen molar-refractivity contribution in [1.82, 2.24) is 0 Å². The molecule has 2 aromatic rings. The Hall–Kier alpha value is -1.64. The summed E-state index contributed by atoms with van der Waals surface area (Å²) in [5, 5.41) is 0.674. The van der Waals surface area contributed by atoms with Crippen LogP contribution in [-0.4, -0.2) is 5.78 Å². The Morgan fingerprint density at radius 3 is 2.73 bits per heavy atom. The maximum absolute atomic E-state index is 12.8. The second kappa shape index (κ2) is 3.50. The summed E-state index contributed by atoms with van der Waals surface area (Å²) in [6.07, 6.45) is 0. The van der Waals surface area contributed by atoms with E-state index in [2.05, 4.69) is 0 Å². The molecule has 2 nitrogen and oxygen atoms in total. The lowest BCUT2D eigenvalue weighted by atomic mass is 10.0. The second-order valence-electron chi connectivity index (χ2n) is 3.82. The largest absolute Gasteiger partial charge is 0.431 e. The lowest BCUT2D eigenvalue weighted by Gasteiger charge is -2.02. The van der Waals surface area contributed by atoms with Crippen LogP contribution >= 0.6 is 0 Å². The maximum Gasteiger partial charge on any atom is 0.278 e. The van der Waals surface area contributed by atoms with E-state index in [1.165, 1.54) is 6.07 Å². The van der Waals surface area contributed by atoms with Crippen LogP contribution in [0, 0.1) is 11.9 Å². The van der Waals surface area contributed by atoms with E-state index >= 15 is 0 Å². The van der Waals surface area contributed by atoms with Gasteiger partial charge in [-0.05, 0) is 6.07 Å². The number of Topliss-reactive ketones (excluding diaryl/α,β-unsaturated/α-hetero) is 1. The van der Waals surface area contributed by atoms with E-state index in [-0.39, 0.29) is 11.7 Å². The molecule has 2 rings (SSSR count). The molecule has 15 heavy (non-hydrogen) atoms. The molecule has 0 saturated carbocycles. The molecule has 0 unspecified atom stereocenters. The van der Waals surface area contributed by atoms with Gasteiger partial charge >= 0.3 is 0 Å². The number of hydrogen-bond donors (Lipinski definition) is 0. The minimum atomic E-state index is -0.626. The molecule has 0 fully saturated rings. The van der Waals surface area contributed by atoms with E-state index < -0.39 is 6.01 Å². The standard InChI is InChI=1S/C12H11FO2/c1-7(2)12(14)9-4-3-8-6-11(13)15-10(8)5-9/h3-7H,1-2H3. The molecule has 0 saturated heterocycles. The SMILES string of the molecule is CC(C)C(=O)c1ccc2cc(F)oc2c1. The van der Waals surface area contributed by atoms with E-state index in [9.17, 15) is 9.18 Å². The first-order valence-electron chi connectivity index (χ1n) is 4.81. The van der Waals surface area contributed by atoms with E-state index in [4.69, 9.17) is 4.42 Å². The second-order valence-corrected chi connectivity index (χ2v) is 3.82. The van der Waals surface area contributed by atoms with Gasteiger partial charge < -0.3 is 4.42 Å². The number of carbonyl (C=O) groups is 1. The summed E-state index contributed by atoms with van der Waals surface area (Å²) in [5.41, 5.74) is 0.978. The van der Waals surface area contributed by atoms with Crippen molar-refractivity contribution in [2.75, 3.05) is 0 Å². The molecule has 0 radical (unpaired) electrons. The molecule has 0 N–H and O–H groups in total. The Morgan fingerprint density at radius 1 is 1.33 bits per heavy atom. The van der Waals surface area contributed by atoms with E-state index in [0.29, 0.717) is 16.5 Å². The van der Waals surface area contributed by atoms with Crippen LogP contribution in [0.4, 0.5) is 4.39 Å². The van der Waals surface area contributed by atoms with Gasteiger partial charge in [-0.25, -0.2) is 0 Å². The van der Waals surface area contributed by atoms with Crippen LogP contribution < -0.4 is 0 Å². The van der Waals surface area contributed by atoms with Crippen molar-refractivity contribution in [3.63, 3.8) is 0 Å². The predicted octanol–water partition coefficient (Wildman–Crippen LogP) is 3.41. The summed E-state index contributed by atoms with van der Waals surface area (Å²) in [6.45, 7) is 3.66. The van der Waals surface area contributed by atoms with Gasteiger partial charge in [-0.1, -0.05) is 26.0 Å². The summed E-state index contributed by atoms with van der Waals surface area (Å²) < 4.78 is 17.6. The summed E-state index contributed by atoms with van der Waals surface area (Å²) in [7, 11) is 0. The van der Waals surface area contributed by atoms with Crippen molar-refractivity contribution in [3.05, 3.63) is 35.8 Å². The van der Waals surface area contributed by atoms with Crippen molar-refractivity contribution < 1.29 is 13.6 Å². The lowest BCUT2D eigenvalue weighted by Crippen LogP contribution is -2.06. The zero-order valence-electron chi connectivity index (χ0n) is 8.58. The van der Waals surface area contributed by atoms with Gasteiger partial charge in [-0.15, -0.1) is 0 Å². The van der Waals surface area contributed by atoms with Crippen LogP contribution in [0.5, 0.6) is 0 Å². The Morgan fingerprint density at radius 2 is 2.07 bits per heavy atom. The van der Waals surface area contributed by atoms with Gasteiger partial charge in [0, 0.05) is 22.9 Å². The summed E-state index contributed by atoms with van der Waals surface area (Å²) in [6, 6.07) is 5.65. The number of fused-ring (bicyclic) bond motifs is 1. The molecule has 1 heterocycles. The molecule has 0 aliphatic rings. The van der Waals surface area contributed by atoms with E-state index in [1.807, 2.05) is 13.8 Å². The molecule has 1 aromatic carbocycles. The normalized spacial score (nSPS) is 11.2. The van der Waals surface area contributed by atoms with Gasteiger partial charge in [0.05, 0.1) is 0 Å². The zero-order valence-corrected chi connectivity index (χ0v) is 8.58. The molecule has 0 aliphatic heterocycles. The third-order valence-electron chi connectivity index (χ3n) is 2.30. The highest BCUT2D eigenvalue weighted by atomic mass is 19.1.